The van der Waals surface area contributed by atoms with Gasteiger partial charge in [-0.05, 0) is 13.1 Å². The van der Waals surface area contributed by atoms with Crippen LogP contribution in [0.1, 0.15) is 15.2 Å². The zero-order valence-electron chi connectivity index (χ0n) is 10.3. The lowest BCUT2D eigenvalue weighted by atomic mass is 10.2. The molecule has 2 rings (SSSR count). The zero-order chi connectivity index (χ0) is 13.0. The Bertz CT molecular complexity index is 479. The molecule has 0 spiro atoms. The van der Waals surface area contributed by atoms with Crippen LogP contribution in [0.4, 0.5) is 0 Å². The standard InChI is InChI=1S/C13H16N2O2S/c1-14-4-6-15(7-5-14)13(17)11-9-12(18-10-11)3-2-8-16/h9-10,16H,4-8H2,1H3. The number of aliphatic hydroxyl groups is 1. The van der Waals surface area contributed by atoms with Gasteiger partial charge in [-0.25, -0.2) is 0 Å². The molecule has 0 unspecified atom stereocenters. The van der Waals surface area contributed by atoms with Crippen LogP contribution in [-0.4, -0.2) is 60.6 Å². The SMILES string of the molecule is CN1CCN(C(=O)c2csc(C#CCO)c2)CC1. The number of aliphatic hydroxyl groups excluding tert-OH is 1. The van der Waals surface area contributed by atoms with Gasteiger partial charge in [0.2, 0.25) is 0 Å². The molecule has 0 aromatic carbocycles. The maximum absolute atomic E-state index is 12.2. The molecule has 1 aromatic rings. The van der Waals surface area contributed by atoms with E-state index in [1.165, 1.54) is 11.3 Å². The fourth-order valence-corrected chi connectivity index (χ4v) is 2.58. The van der Waals surface area contributed by atoms with E-state index in [2.05, 4.69) is 23.8 Å². The molecule has 2 heterocycles. The van der Waals surface area contributed by atoms with Crippen LogP contribution in [0, 0.1) is 11.8 Å². The van der Waals surface area contributed by atoms with Crippen molar-refractivity contribution in [3.63, 3.8) is 0 Å². The molecule has 0 aliphatic carbocycles. The number of hydrogen-bond acceptors (Lipinski definition) is 4. The van der Waals surface area contributed by atoms with Gasteiger partial charge in [-0.3, -0.25) is 4.79 Å². The first-order valence-electron chi connectivity index (χ1n) is 5.87. The summed E-state index contributed by atoms with van der Waals surface area (Å²) in [4.78, 5) is 17.1. The van der Waals surface area contributed by atoms with Crippen molar-refractivity contribution in [3.8, 4) is 11.8 Å². The van der Waals surface area contributed by atoms with Crippen LogP contribution in [0.15, 0.2) is 11.4 Å². The van der Waals surface area contributed by atoms with E-state index in [-0.39, 0.29) is 12.5 Å². The Morgan fingerprint density at radius 2 is 2.17 bits per heavy atom. The predicted molar refractivity (Wildman–Crippen MR) is 71.7 cm³/mol. The second-order valence-corrected chi connectivity index (χ2v) is 5.17. The van der Waals surface area contributed by atoms with E-state index in [4.69, 9.17) is 5.11 Å². The van der Waals surface area contributed by atoms with Crippen molar-refractivity contribution >= 4 is 17.2 Å². The number of amides is 1. The average Bonchev–Trinajstić information content (AvgIpc) is 2.85. The van der Waals surface area contributed by atoms with Crippen molar-refractivity contribution < 1.29 is 9.90 Å². The number of carbonyl (C=O) groups is 1. The van der Waals surface area contributed by atoms with Gasteiger partial charge < -0.3 is 14.9 Å². The Kier molecular flexibility index (Phi) is 4.37. The highest BCUT2D eigenvalue weighted by Gasteiger charge is 2.20. The van der Waals surface area contributed by atoms with E-state index >= 15 is 0 Å². The number of piperazine rings is 1. The summed E-state index contributed by atoms with van der Waals surface area (Å²) in [6, 6.07) is 1.80. The third-order valence-corrected chi connectivity index (χ3v) is 3.77. The molecular weight excluding hydrogens is 248 g/mol. The first kappa shape index (κ1) is 13.1. The Morgan fingerprint density at radius 3 is 2.83 bits per heavy atom. The molecule has 1 saturated heterocycles. The van der Waals surface area contributed by atoms with Crippen LogP contribution in [0.2, 0.25) is 0 Å². The molecule has 96 valence electrons. The minimum Gasteiger partial charge on any atom is -0.384 e. The van der Waals surface area contributed by atoms with Gasteiger partial charge in [0.25, 0.3) is 5.91 Å². The van der Waals surface area contributed by atoms with Crippen LogP contribution in [0.5, 0.6) is 0 Å². The van der Waals surface area contributed by atoms with Crippen molar-refractivity contribution in [2.45, 2.75) is 0 Å². The van der Waals surface area contributed by atoms with E-state index in [0.29, 0.717) is 5.56 Å². The van der Waals surface area contributed by atoms with Gasteiger partial charge in [0, 0.05) is 31.6 Å². The van der Waals surface area contributed by atoms with Crippen molar-refractivity contribution in [1.29, 1.82) is 0 Å². The summed E-state index contributed by atoms with van der Waals surface area (Å²) < 4.78 is 0. The van der Waals surface area contributed by atoms with E-state index in [0.717, 1.165) is 31.1 Å². The third-order valence-electron chi connectivity index (χ3n) is 2.93. The van der Waals surface area contributed by atoms with Gasteiger partial charge in [0.15, 0.2) is 0 Å². The van der Waals surface area contributed by atoms with Crippen LogP contribution in [0.25, 0.3) is 0 Å². The van der Waals surface area contributed by atoms with Crippen molar-refractivity contribution in [2.24, 2.45) is 0 Å². The number of hydrogen-bond donors (Lipinski definition) is 1. The molecule has 0 saturated carbocycles. The lowest BCUT2D eigenvalue weighted by molar-refractivity contribution is 0.0664. The van der Waals surface area contributed by atoms with E-state index < -0.39 is 0 Å². The minimum atomic E-state index is -0.153. The second kappa shape index (κ2) is 6.01. The first-order chi connectivity index (χ1) is 8.70. The quantitative estimate of drug-likeness (QED) is 0.750. The zero-order valence-corrected chi connectivity index (χ0v) is 11.2. The first-order valence-corrected chi connectivity index (χ1v) is 6.75. The van der Waals surface area contributed by atoms with Crippen LogP contribution >= 0.6 is 11.3 Å². The molecule has 1 N–H and O–H groups in total. The number of carbonyl (C=O) groups excluding carboxylic acids is 1. The number of likely N-dealkylation sites (N-methyl/N-ethyl adjacent to an activating group) is 1. The molecule has 18 heavy (non-hydrogen) atoms. The van der Waals surface area contributed by atoms with E-state index in [9.17, 15) is 4.79 Å². The maximum atomic E-state index is 12.2. The van der Waals surface area contributed by atoms with Gasteiger partial charge in [-0.15, -0.1) is 11.3 Å². The Labute approximate surface area is 111 Å². The third kappa shape index (κ3) is 3.10. The van der Waals surface area contributed by atoms with E-state index in [1.54, 1.807) is 6.07 Å². The van der Waals surface area contributed by atoms with Crippen LogP contribution < -0.4 is 0 Å². The smallest absolute Gasteiger partial charge is 0.254 e. The summed E-state index contributed by atoms with van der Waals surface area (Å²) in [5.41, 5.74) is 0.701. The molecule has 1 amide bonds. The highest BCUT2D eigenvalue weighted by molar-refractivity contribution is 7.10. The largest absolute Gasteiger partial charge is 0.384 e. The van der Waals surface area contributed by atoms with Gasteiger partial charge >= 0.3 is 0 Å². The van der Waals surface area contributed by atoms with Crippen molar-refractivity contribution in [1.82, 2.24) is 9.80 Å². The second-order valence-electron chi connectivity index (χ2n) is 4.25. The highest BCUT2D eigenvalue weighted by atomic mass is 32.1. The highest BCUT2D eigenvalue weighted by Crippen LogP contribution is 2.16. The van der Waals surface area contributed by atoms with Crippen molar-refractivity contribution in [2.75, 3.05) is 39.8 Å². The monoisotopic (exact) mass is 264 g/mol. The average molecular weight is 264 g/mol. The van der Waals surface area contributed by atoms with Gasteiger partial charge in [-0.1, -0.05) is 11.8 Å². The summed E-state index contributed by atoms with van der Waals surface area (Å²) >= 11 is 1.44. The molecule has 1 aromatic heterocycles. The molecule has 0 bridgehead atoms. The molecule has 1 aliphatic rings. The maximum Gasteiger partial charge on any atom is 0.254 e. The Morgan fingerprint density at radius 1 is 1.44 bits per heavy atom. The summed E-state index contributed by atoms with van der Waals surface area (Å²) in [5.74, 6) is 5.49. The Hall–Kier alpha value is -1.35. The normalized spacial score (nSPS) is 16.2. The summed E-state index contributed by atoms with van der Waals surface area (Å²) in [6.07, 6.45) is 0. The van der Waals surface area contributed by atoms with Crippen LogP contribution in [-0.2, 0) is 0 Å². The van der Waals surface area contributed by atoms with E-state index in [1.807, 2.05) is 10.3 Å². The number of thiophene rings is 1. The number of nitrogens with zero attached hydrogens (tertiary/aromatic N) is 2. The van der Waals surface area contributed by atoms with Gasteiger partial charge in [0.1, 0.15) is 6.61 Å². The fourth-order valence-electron chi connectivity index (χ4n) is 1.83. The molecule has 1 aliphatic heterocycles. The predicted octanol–water partition coefficient (Wildman–Crippen LogP) is 0.480. The van der Waals surface area contributed by atoms with Crippen LogP contribution in [0.3, 0.4) is 0 Å². The molecule has 4 nitrogen and oxygen atoms in total. The van der Waals surface area contributed by atoms with Gasteiger partial charge in [0.05, 0.1) is 10.4 Å². The minimum absolute atomic E-state index is 0.0800. The Balaban J connectivity index is 2.02. The molecule has 0 radical (unpaired) electrons. The molecule has 5 heteroatoms. The lowest BCUT2D eigenvalue weighted by Crippen LogP contribution is -2.47. The molecular formula is C13H16N2O2S. The summed E-state index contributed by atoms with van der Waals surface area (Å²) in [7, 11) is 2.06. The molecule has 1 fully saturated rings. The summed E-state index contributed by atoms with van der Waals surface area (Å²) in [6.45, 7) is 3.26. The van der Waals surface area contributed by atoms with Crippen molar-refractivity contribution in [3.05, 3.63) is 21.9 Å². The lowest BCUT2D eigenvalue weighted by Gasteiger charge is -2.32. The number of rotatable bonds is 1. The summed E-state index contributed by atoms with van der Waals surface area (Å²) in [5, 5.41) is 10.5. The van der Waals surface area contributed by atoms with Gasteiger partial charge in [-0.2, -0.15) is 0 Å². The topological polar surface area (TPSA) is 43.8 Å². The molecule has 0 atom stereocenters. The fraction of sp³-hybridized carbons (Fsp3) is 0.462.